The Morgan fingerprint density at radius 3 is 2.00 bits per heavy atom. The van der Waals surface area contributed by atoms with Gasteiger partial charge in [-0.1, -0.05) is 30.3 Å². The van der Waals surface area contributed by atoms with Gasteiger partial charge in [-0.2, -0.15) is 0 Å². The number of para-hydroxylation sites is 1. The molecule has 0 N–H and O–H groups in total. The molecule has 0 unspecified atom stereocenters. The van der Waals surface area contributed by atoms with Crippen LogP contribution in [0.2, 0.25) is 0 Å². The van der Waals surface area contributed by atoms with E-state index >= 15 is 0 Å². The quantitative estimate of drug-likeness (QED) is 0.533. The highest BCUT2D eigenvalue weighted by atomic mass is 19.1. The molecule has 2 aromatic carbocycles. The minimum absolute atomic E-state index is 0.175. The van der Waals surface area contributed by atoms with Crippen molar-refractivity contribution >= 4 is 17.5 Å². The van der Waals surface area contributed by atoms with Crippen molar-refractivity contribution in [1.82, 2.24) is 9.80 Å². The fourth-order valence-electron chi connectivity index (χ4n) is 4.19. The van der Waals surface area contributed by atoms with E-state index in [4.69, 9.17) is 0 Å². The second kappa shape index (κ2) is 8.74. The Labute approximate surface area is 170 Å². The lowest BCUT2D eigenvalue weighted by molar-refractivity contribution is 0.0650. The molecule has 1 fully saturated rings. The van der Waals surface area contributed by atoms with Crippen molar-refractivity contribution in [2.75, 3.05) is 44.2 Å². The van der Waals surface area contributed by atoms with Crippen LogP contribution in [0.3, 0.4) is 0 Å². The van der Waals surface area contributed by atoms with Gasteiger partial charge in [-0.3, -0.25) is 19.4 Å². The third-order valence-corrected chi connectivity index (χ3v) is 5.83. The molecule has 5 nitrogen and oxygen atoms in total. The van der Waals surface area contributed by atoms with E-state index in [2.05, 4.69) is 9.80 Å². The monoisotopic (exact) mass is 395 g/mol. The van der Waals surface area contributed by atoms with Gasteiger partial charge >= 0.3 is 0 Å². The molecule has 0 aromatic heterocycles. The first-order valence-corrected chi connectivity index (χ1v) is 10.3. The van der Waals surface area contributed by atoms with Crippen molar-refractivity contribution in [1.29, 1.82) is 0 Å². The molecule has 2 aliphatic heterocycles. The molecule has 2 aliphatic rings. The van der Waals surface area contributed by atoms with E-state index in [1.165, 1.54) is 4.90 Å². The molecule has 2 amide bonds. The molecular formula is C23H26FN3O2. The van der Waals surface area contributed by atoms with Crippen LogP contribution in [0.5, 0.6) is 0 Å². The Kier molecular flexibility index (Phi) is 5.90. The fourth-order valence-corrected chi connectivity index (χ4v) is 4.19. The van der Waals surface area contributed by atoms with E-state index in [-0.39, 0.29) is 11.8 Å². The average molecular weight is 395 g/mol. The van der Waals surface area contributed by atoms with Gasteiger partial charge in [0.25, 0.3) is 11.8 Å². The Morgan fingerprint density at radius 2 is 1.34 bits per heavy atom. The Bertz CT molecular complexity index is 858. The number of benzene rings is 2. The standard InChI is InChI=1S/C23H26FN3O2/c24-17-18-7-1-4-10-21(18)26-15-13-25(14-16-26)11-5-6-12-27-22(28)19-8-2-3-9-20(19)23(27)29/h1-4,7-10H,5-6,11-17H2. The average Bonchev–Trinajstić information content (AvgIpc) is 3.02. The number of nitrogens with zero attached hydrogens (tertiary/aromatic N) is 3. The minimum atomic E-state index is -0.436. The lowest BCUT2D eigenvalue weighted by Gasteiger charge is -2.37. The molecule has 4 rings (SSSR count). The fraction of sp³-hybridized carbons (Fsp3) is 0.391. The molecule has 6 heteroatoms. The maximum Gasteiger partial charge on any atom is 0.261 e. The Balaban J connectivity index is 1.21. The molecular weight excluding hydrogens is 369 g/mol. The second-order valence-electron chi connectivity index (χ2n) is 7.61. The molecule has 0 aliphatic carbocycles. The molecule has 0 bridgehead atoms. The predicted molar refractivity (Wildman–Crippen MR) is 111 cm³/mol. The van der Waals surface area contributed by atoms with Crippen LogP contribution in [-0.2, 0) is 6.67 Å². The number of piperazine rings is 1. The van der Waals surface area contributed by atoms with E-state index < -0.39 is 6.67 Å². The van der Waals surface area contributed by atoms with Gasteiger partial charge in [0.15, 0.2) is 0 Å². The lowest BCUT2D eigenvalue weighted by atomic mass is 10.1. The maximum atomic E-state index is 13.2. The number of rotatable bonds is 7. The topological polar surface area (TPSA) is 43.9 Å². The van der Waals surface area contributed by atoms with Crippen LogP contribution < -0.4 is 4.90 Å². The summed E-state index contributed by atoms with van der Waals surface area (Å²) >= 11 is 0. The number of hydrogen-bond donors (Lipinski definition) is 0. The number of alkyl halides is 1. The van der Waals surface area contributed by atoms with Crippen LogP contribution in [0.15, 0.2) is 48.5 Å². The molecule has 29 heavy (non-hydrogen) atoms. The first-order chi connectivity index (χ1) is 14.2. The third-order valence-electron chi connectivity index (χ3n) is 5.83. The first-order valence-electron chi connectivity index (χ1n) is 10.3. The van der Waals surface area contributed by atoms with E-state index in [0.29, 0.717) is 17.7 Å². The molecule has 0 atom stereocenters. The van der Waals surface area contributed by atoms with E-state index in [1.54, 1.807) is 24.3 Å². The van der Waals surface area contributed by atoms with Gasteiger partial charge in [0.1, 0.15) is 6.67 Å². The van der Waals surface area contributed by atoms with E-state index in [0.717, 1.165) is 56.8 Å². The molecule has 152 valence electrons. The highest BCUT2D eigenvalue weighted by Crippen LogP contribution is 2.24. The zero-order chi connectivity index (χ0) is 20.2. The number of hydrogen-bond acceptors (Lipinski definition) is 4. The van der Waals surface area contributed by atoms with E-state index in [9.17, 15) is 14.0 Å². The first kappa shape index (κ1) is 19.6. The maximum absolute atomic E-state index is 13.2. The smallest absolute Gasteiger partial charge is 0.261 e. The van der Waals surface area contributed by atoms with E-state index in [1.807, 2.05) is 24.3 Å². The largest absolute Gasteiger partial charge is 0.369 e. The van der Waals surface area contributed by atoms with Crippen molar-refractivity contribution in [2.45, 2.75) is 19.5 Å². The SMILES string of the molecule is O=C1c2ccccc2C(=O)N1CCCCN1CCN(c2ccccc2CF)CC1. The minimum Gasteiger partial charge on any atom is -0.369 e. The van der Waals surface area contributed by atoms with Gasteiger partial charge in [-0.05, 0) is 37.6 Å². The third kappa shape index (κ3) is 4.03. The summed E-state index contributed by atoms with van der Waals surface area (Å²) in [4.78, 5) is 30.8. The summed E-state index contributed by atoms with van der Waals surface area (Å²) in [5, 5.41) is 0. The van der Waals surface area contributed by atoms with Crippen molar-refractivity contribution in [3.63, 3.8) is 0 Å². The van der Waals surface area contributed by atoms with Crippen molar-refractivity contribution in [3.05, 3.63) is 65.2 Å². The summed E-state index contributed by atoms with van der Waals surface area (Å²) in [5.74, 6) is -0.350. The molecule has 0 radical (unpaired) electrons. The number of halogens is 1. The Hall–Kier alpha value is -2.73. The zero-order valence-electron chi connectivity index (χ0n) is 16.5. The van der Waals surface area contributed by atoms with Crippen LogP contribution in [0.25, 0.3) is 0 Å². The number of imide groups is 1. The molecule has 2 aromatic rings. The second-order valence-corrected chi connectivity index (χ2v) is 7.61. The van der Waals surface area contributed by atoms with Gasteiger partial charge in [0.2, 0.25) is 0 Å². The summed E-state index contributed by atoms with van der Waals surface area (Å²) in [5.41, 5.74) is 2.78. The Morgan fingerprint density at radius 1 is 0.759 bits per heavy atom. The van der Waals surface area contributed by atoms with Gasteiger partial charge < -0.3 is 4.90 Å². The number of carbonyl (C=O) groups is 2. The van der Waals surface area contributed by atoms with Crippen LogP contribution in [0, 0.1) is 0 Å². The van der Waals surface area contributed by atoms with Crippen LogP contribution >= 0.6 is 0 Å². The lowest BCUT2D eigenvalue weighted by Crippen LogP contribution is -2.47. The van der Waals surface area contributed by atoms with Crippen LogP contribution in [-0.4, -0.2) is 60.9 Å². The summed E-state index contributed by atoms with van der Waals surface area (Å²) in [7, 11) is 0. The van der Waals surface area contributed by atoms with Crippen molar-refractivity contribution < 1.29 is 14.0 Å². The van der Waals surface area contributed by atoms with Gasteiger partial charge in [0.05, 0.1) is 11.1 Å². The van der Waals surface area contributed by atoms with Gasteiger partial charge in [0, 0.05) is 44.0 Å². The highest BCUT2D eigenvalue weighted by Gasteiger charge is 2.34. The molecule has 2 heterocycles. The number of unbranched alkanes of at least 4 members (excludes halogenated alkanes) is 1. The van der Waals surface area contributed by atoms with Gasteiger partial charge in [-0.15, -0.1) is 0 Å². The number of fused-ring (bicyclic) bond motifs is 1. The predicted octanol–water partition coefficient (Wildman–Crippen LogP) is 3.35. The van der Waals surface area contributed by atoms with Gasteiger partial charge in [-0.25, -0.2) is 4.39 Å². The highest BCUT2D eigenvalue weighted by molar-refractivity contribution is 6.21. The summed E-state index contributed by atoms with van der Waals surface area (Å²) < 4.78 is 13.2. The summed E-state index contributed by atoms with van der Waals surface area (Å²) in [6.07, 6.45) is 1.74. The normalized spacial score (nSPS) is 17.1. The van der Waals surface area contributed by atoms with Crippen molar-refractivity contribution in [2.24, 2.45) is 0 Å². The summed E-state index contributed by atoms with van der Waals surface area (Å²) in [6, 6.07) is 14.7. The summed E-state index contributed by atoms with van der Waals surface area (Å²) in [6.45, 7) is 4.62. The number of amides is 2. The zero-order valence-corrected chi connectivity index (χ0v) is 16.5. The molecule has 1 saturated heterocycles. The number of anilines is 1. The number of carbonyl (C=O) groups excluding carboxylic acids is 2. The van der Waals surface area contributed by atoms with Crippen LogP contribution in [0.4, 0.5) is 10.1 Å². The van der Waals surface area contributed by atoms with Crippen LogP contribution in [0.1, 0.15) is 39.1 Å². The molecule has 0 spiro atoms. The molecule has 0 saturated carbocycles. The van der Waals surface area contributed by atoms with Crippen molar-refractivity contribution in [3.8, 4) is 0 Å².